The highest BCUT2D eigenvalue weighted by atomic mass is 15.2. The van der Waals surface area contributed by atoms with Gasteiger partial charge >= 0.3 is 0 Å². The summed E-state index contributed by atoms with van der Waals surface area (Å²) < 4.78 is 0. The quantitative estimate of drug-likeness (QED) is 0.147. The molecule has 0 heterocycles. The molecule has 0 fully saturated rings. The molecule has 9 rings (SSSR count). The average molecular weight is 715 g/mol. The Bertz CT molecular complexity index is 2850. The second-order valence-electron chi connectivity index (χ2n) is 13.6. The Hall–Kier alpha value is -7.92. The van der Waals surface area contributed by atoms with Crippen molar-refractivity contribution < 1.29 is 0 Å². The van der Waals surface area contributed by atoms with Crippen LogP contribution in [0, 0.1) is 22.7 Å². The first-order valence-electron chi connectivity index (χ1n) is 18.6. The summed E-state index contributed by atoms with van der Waals surface area (Å²) in [6.45, 7) is 0. The SMILES string of the molecule is N#Cc1ccc(-c2c3ccccc3c(-c3ccc(C#N)cc3)c3cc(N(c4ccccc4)c4ccc(N(c5ccccc5)c5ccccc5)cc4)ccc23)cc1. The number of anilines is 6. The molecule has 0 N–H and O–H groups in total. The Balaban J connectivity index is 1.26. The monoisotopic (exact) mass is 714 g/mol. The average Bonchev–Trinajstić information content (AvgIpc) is 3.27. The molecule has 0 saturated heterocycles. The van der Waals surface area contributed by atoms with Gasteiger partial charge < -0.3 is 9.80 Å². The van der Waals surface area contributed by atoms with Crippen LogP contribution in [0.25, 0.3) is 43.8 Å². The van der Waals surface area contributed by atoms with Gasteiger partial charge in [-0.15, -0.1) is 0 Å². The number of benzene rings is 9. The van der Waals surface area contributed by atoms with Crippen molar-refractivity contribution in [3.05, 3.63) is 217 Å². The van der Waals surface area contributed by atoms with Gasteiger partial charge in [0.05, 0.1) is 23.3 Å². The first kappa shape index (κ1) is 33.9. The molecule has 0 amide bonds. The smallest absolute Gasteiger partial charge is 0.0991 e. The number of hydrogen-bond acceptors (Lipinski definition) is 4. The van der Waals surface area contributed by atoms with Gasteiger partial charge in [-0.3, -0.25) is 0 Å². The topological polar surface area (TPSA) is 54.1 Å². The molecule has 262 valence electrons. The Labute approximate surface area is 326 Å². The second-order valence-corrected chi connectivity index (χ2v) is 13.6. The number of nitriles is 2. The maximum absolute atomic E-state index is 9.64. The van der Waals surface area contributed by atoms with E-state index in [2.05, 4.69) is 161 Å². The lowest BCUT2D eigenvalue weighted by molar-refractivity contribution is 1.26. The van der Waals surface area contributed by atoms with Crippen molar-refractivity contribution >= 4 is 55.7 Å². The van der Waals surface area contributed by atoms with Crippen molar-refractivity contribution in [2.24, 2.45) is 0 Å². The molecule has 0 atom stereocenters. The van der Waals surface area contributed by atoms with Crippen molar-refractivity contribution in [3.63, 3.8) is 0 Å². The van der Waals surface area contributed by atoms with Crippen LogP contribution in [0.4, 0.5) is 34.1 Å². The molecule has 9 aromatic rings. The summed E-state index contributed by atoms with van der Waals surface area (Å²) in [6.07, 6.45) is 0. The van der Waals surface area contributed by atoms with Crippen molar-refractivity contribution in [2.75, 3.05) is 9.80 Å². The minimum absolute atomic E-state index is 0.619. The van der Waals surface area contributed by atoms with E-state index in [1.807, 2.05) is 66.7 Å². The van der Waals surface area contributed by atoms with Gasteiger partial charge in [-0.2, -0.15) is 10.5 Å². The van der Waals surface area contributed by atoms with E-state index >= 15 is 0 Å². The van der Waals surface area contributed by atoms with E-state index in [0.717, 1.165) is 77.9 Å². The summed E-state index contributed by atoms with van der Waals surface area (Å²) in [6, 6.07) is 75.6. The summed E-state index contributed by atoms with van der Waals surface area (Å²) in [5.74, 6) is 0. The Morgan fingerprint density at radius 1 is 0.286 bits per heavy atom. The first-order valence-corrected chi connectivity index (χ1v) is 18.6. The van der Waals surface area contributed by atoms with Crippen LogP contribution in [-0.2, 0) is 0 Å². The zero-order chi connectivity index (χ0) is 37.8. The number of nitrogens with zero attached hydrogens (tertiary/aromatic N) is 4. The molecule has 9 aromatic carbocycles. The summed E-state index contributed by atoms with van der Waals surface area (Å²) in [5.41, 5.74) is 11.8. The molecule has 0 aliphatic carbocycles. The van der Waals surface area contributed by atoms with Gasteiger partial charge in [0, 0.05) is 34.1 Å². The third-order valence-corrected chi connectivity index (χ3v) is 10.3. The number of para-hydroxylation sites is 3. The number of fused-ring (bicyclic) bond motifs is 2. The maximum Gasteiger partial charge on any atom is 0.0991 e. The lowest BCUT2D eigenvalue weighted by atomic mass is 9.85. The lowest BCUT2D eigenvalue weighted by Crippen LogP contribution is -2.12. The predicted octanol–water partition coefficient (Wildman–Crippen LogP) is 14.0. The minimum atomic E-state index is 0.619. The van der Waals surface area contributed by atoms with Crippen LogP contribution < -0.4 is 9.80 Å². The van der Waals surface area contributed by atoms with Gasteiger partial charge in [0.1, 0.15) is 0 Å². The zero-order valence-corrected chi connectivity index (χ0v) is 30.4. The first-order chi connectivity index (χ1) is 27.7. The van der Waals surface area contributed by atoms with Crippen LogP contribution in [-0.4, -0.2) is 0 Å². The molecule has 0 radical (unpaired) electrons. The van der Waals surface area contributed by atoms with Crippen molar-refractivity contribution in [3.8, 4) is 34.4 Å². The van der Waals surface area contributed by atoms with Gasteiger partial charge in [-0.25, -0.2) is 0 Å². The standard InChI is InChI=1S/C52H34N4/c53-35-37-20-24-39(25-21-37)51-47-18-10-11-19-48(47)52(40-26-22-38(36-54)23-27-40)50-34-46(32-33-49(50)51)56(43-16-8-3-9-17-43)45-30-28-44(29-31-45)55(41-12-4-1-5-13-41)42-14-6-2-7-15-42/h1-34H. The molecule has 4 nitrogen and oxygen atoms in total. The van der Waals surface area contributed by atoms with Crippen LogP contribution in [0.2, 0.25) is 0 Å². The zero-order valence-electron chi connectivity index (χ0n) is 30.4. The summed E-state index contributed by atoms with van der Waals surface area (Å²) in [4.78, 5) is 4.57. The fourth-order valence-corrected chi connectivity index (χ4v) is 7.73. The van der Waals surface area contributed by atoms with E-state index < -0.39 is 0 Å². The van der Waals surface area contributed by atoms with Gasteiger partial charge in [0.15, 0.2) is 0 Å². The van der Waals surface area contributed by atoms with E-state index in [1.54, 1.807) is 0 Å². The lowest BCUT2D eigenvalue weighted by Gasteiger charge is -2.29. The molecule has 4 heteroatoms. The third-order valence-electron chi connectivity index (χ3n) is 10.3. The van der Waals surface area contributed by atoms with Crippen LogP contribution in [0.1, 0.15) is 11.1 Å². The highest BCUT2D eigenvalue weighted by Gasteiger charge is 2.21. The van der Waals surface area contributed by atoms with Gasteiger partial charge in [0.25, 0.3) is 0 Å². The molecule has 0 bridgehead atoms. The number of hydrogen-bond donors (Lipinski definition) is 0. The highest BCUT2D eigenvalue weighted by Crippen LogP contribution is 2.47. The molecule has 0 aliphatic rings. The van der Waals surface area contributed by atoms with Gasteiger partial charge in [0.2, 0.25) is 0 Å². The summed E-state index contributed by atoms with van der Waals surface area (Å²) in [7, 11) is 0. The minimum Gasteiger partial charge on any atom is -0.311 e. The molecule has 0 aromatic heterocycles. The fraction of sp³-hybridized carbons (Fsp3) is 0. The van der Waals surface area contributed by atoms with Crippen LogP contribution in [0.3, 0.4) is 0 Å². The second kappa shape index (κ2) is 14.8. The van der Waals surface area contributed by atoms with E-state index in [1.165, 1.54) is 0 Å². The Kier molecular flexibility index (Phi) is 8.98. The fourth-order valence-electron chi connectivity index (χ4n) is 7.73. The van der Waals surface area contributed by atoms with Crippen molar-refractivity contribution in [1.82, 2.24) is 0 Å². The molecule has 0 aliphatic heterocycles. The van der Waals surface area contributed by atoms with E-state index in [4.69, 9.17) is 0 Å². The van der Waals surface area contributed by atoms with Gasteiger partial charge in [-0.05, 0) is 141 Å². The molecular formula is C52H34N4. The predicted molar refractivity (Wildman–Crippen MR) is 231 cm³/mol. The molecule has 0 unspecified atom stereocenters. The van der Waals surface area contributed by atoms with Crippen molar-refractivity contribution in [1.29, 1.82) is 10.5 Å². The third kappa shape index (κ3) is 6.28. The summed E-state index contributed by atoms with van der Waals surface area (Å²) in [5, 5.41) is 23.6. The van der Waals surface area contributed by atoms with E-state index in [0.29, 0.717) is 11.1 Å². The van der Waals surface area contributed by atoms with Crippen molar-refractivity contribution in [2.45, 2.75) is 0 Å². The Morgan fingerprint density at radius 2 is 0.607 bits per heavy atom. The molecule has 0 spiro atoms. The molecular weight excluding hydrogens is 681 g/mol. The van der Waals surface area contributed by atoms with Gasteiger partial charge in [-0.1, -0.05) is 109 Å². The van der Waals surface area contributed by atoms with E-state index in [-0.39, 0.29) is 0 Å². The molecule has 0 saturated carbocycles. The number of rotatable bonds is 8. The normalized spacial score (nSPS) is 10.8. The Morgan fingerprint density at radius 3 is 1.02 bits per heavy atom. The van der Waals surface area contributed by atoms with Crippen LogP contribution in [0.5, 0.6) is 0 Å². The maximum atomic E-state index is 9.64. The van der Waals surface area contributed by atoms with E-state index in [9.17, 15) is 10.5 Å². The largest absolute Gasteiger partial charge is 0.311 e. The molecule has 56 heavy (non-hydrogen) atoms. The highest BCUT2D eigenvalue weighted by molar-refractivity contribution is 6.22. The summed E-state index contributed by atoms with van der Waals surface area (Å²) >= 11 is 0. The van der Waals surface area contributed by atoms with Crippen LogP contribution >= 0.6 is 0 Å². The van der Waals surface area contributed by atoms with Crippen LogP contribution in [0.15, 0.2) is 206 Å².